The fourth-order valence-corrected chi connectivity index (χ4v) is 4.52. The highest BCUT2D eigenvalue weighted by molar-refractivity contribution is 7.14. The minimum absolute atomic E-state index is 0.0161. The van der Waals surface area contributed by atoms with Gasteiger partial charge in [-0.25, -0.2) is 24.1 Å². The SMILES string of the molecule is Cc1cnc(-c2cc(O[C@@H](C)[C@H](C)OC(=O)c3ccccc3)cc(C(=O)N[C@H](C)c3cnc(C(F)(F)F)nc3)c2F)s1. The summed E-state index contributed by atoms with van der Waals surface area (Å²) in [6.45, 7) is 6.59. The number of hydrogen-bond acceptors (Lipinski definition) is 8. The van der Waals surface area contributed by atoms with Crippen molar-refractivity contribution >= 4 is 23.2 Å². The summed E-state index contributed by atoms with van der Waals surface area (Å²) < 4.78 is 65.7. The summed E-state index contributed by atoms with van der Waals surface area (Å²) in [5, 5.41) is 2.87. The molecule has 0 fully saturated rings. The zero-order valence-electron chi connectivity index (χ0n) is 22.9. The van der Waals surface area contributed by atoms with Gasteiger partial charge in [0.15, 0.2) is 0 Å². The van der Waals surface area contributed by atoms with Crippen molar-refractivity contribution in [3.05, 3.63) is 94.3 Å². The van der Waals surface area contributed by atoms with Gasteiger partial charge in [0.1, 0.15) is 28.8 Å². The van der Waals surface area contributed by atoms with Crippen molar-refractivity contribution in [2.24, 2.45) is 0 Å². The molecule has 3 atom stereocenters. The van der Waals surface area contributed by atoms with E-state index >= 15 is 4.39 Å². The average molecular weight is 603 g/mol. The van der Waals surface area contributed by atoms with Gasteiger partial charge in [0, 0.05) is 29.0 Å². The molecule has 220 valence electrons. The molecule has 1 amide bonds. The third-order valence-electron chi connectivity index (χ3n) is 6.20. The third-order valence-corrected chi connectivity index (χ3v) is 7.15. The van der Waals surface area contributed by atoms with Crippen molar-refractivity contribution in [3.8, 4) is 16.3 Å². The molecule has 0 aliphatic rings. The lowest BCUT2D eigenvalue weighted by atomic mass is 10.1. The molecular formula is C29H26F4N4O4S. The number of carbonyl (C=O) groups excluding carboxylic acids is 2. The number of nitrogens with one attached hydrogen (secondary N) is 1. The molecule has 8 nitrogen and oxygen atoms in total. The van der Waals surface area contributed by atoms with Crippen LogP contribution in [0, 0.1) is 12.7 Å². The summed E-state index contributed by atoms with van der Waals surface area (Å²) in [6, 6.07) is 10.2. The number of ether oxygens (including phenoxy) is 2. The molecule has 0 radical (unpaired) electrons. The van der Waals surface area contributed by atoms with E-state index < -0.39 is 47.9 Å². The average Bonchev–Trinajstić information content (AvgIpc) is 3.39. The van der Waals surface area contributed by atoms with Gasteiger partial charge in [-0.3, -0.25) is 4.79 Å². The first-order chi connectivity index (χ1) is 19.8. The zero-order chi connectivity index (χ0) is 30.6. The maximum Gasteiger partial charge on any atom is 0.451 e. The number of thiazole rings is 1. The first-order valence-corrected chi connectivity index (χ1v) is 13.5. The first-order valence-electron chi connectivity index (χ1n) is 12.7. The van der Waals surface area contributed by atoms with Crippen LogP contribution in [-0.2, 0) is 10.9 Å². The van der Waals surface area contributed by atoms with E-state index in [1.165, 1.54) is 30.4 Å². The minimum atomic E-state index is -4.71. The molecule has 0 bridgehead atoms. The van der Waals surface area contributed by atoms with Gasteiger partial charge >= 0.3 is 12.1 Å². The highest BCUT2D eigenvalue weighted by Gasteiger charge is 2.34. The Balaban J connectivity index is 1.57. The Morgan fingerprint density at radius 1 is 0.952 bits per heavy atom. The summed E-state index contributed by atoms with van der Waals surface area (Å²) in [6.07, 6.45) is -2.68. The Morgan fingerprint density at radius 2 is 1.62 bits per heavy atom. The van der Waals surface area contributed by atoms with Gasteiger partial charge in [-0.2, -0.15) is 13.2 Å². The van der Waals surface area contributed by atoms with E-state index in [0.717, 1.165) is 17.3 Å². The highest BCUT2D eigenvalue weighted by atomic mass is 32.1. The Hall–Kier alpha value is -4.39. The summed E-state index contributed by atoms with van der Waals surface area (Å²) in [7, 11) is 0. The van der Waals surface area contributed by atoms with Crippen LogP contribution in [0.3, 0.4) is 0 Å². The lowest BCUT2D eigenvalue weighted by Crippen LogP contribution is -2.31. The molecule has 0 aliphatic carbocycles. The molecule has 0 aliphatic heterocycles. The number of carbonyl (C=O) groups is 2. The molecular weight excluding hydrogens is 576 g/mol. The smallest absolute Gasteiger partial charge is 0.451 e. The number of hydrogen-bond donors (Lipinski definition) is 1. The molecule has 4 rings (SSSR count). The normalized spacial score (nSPS) is 13.6. The van der Waals surface area contributed by atoms with Crippen molar-refractivity contribution in [3.63, 3.8) is 0 Å². The van der Waals surface area contributed by atoms with E-state index in [9.17, 15) is 22.8 Å². The van der Waals surface area contributed by atoms with Crippen molar-refractivity contribution in [1.82, 2.24) is 20.3 Å². The molecule has 2 heterocycles. The van der Waals surface area contributed by atoms with Crippen LogP contribution in [0.4, 0.5) is 17.6 Å². The number of benzene rings is 2. The number of esters is 1. The van der Waals surface area contributed by atoms with Crippen molar-refractivity contribution in [1.29, 1.82) is 0 Å². The van der Waals surface area contributed by atoms with E-state index in [0.29, 0.717) is 10.6 Å². The molecule has 2 aromatic heterocycles. The molecule has 13 heteroatoms. The number of aryl methyl sites for hydroxylation is 1. The summed E-state index contributed by atoms with van der Waals surface area (Å²) in [5.74, 6) is -3.46. The predicted octanol–water partition coefficient (Wildman–Crippen LogP) is 6.57. The van der Waals surface area contributed by atoms with E-state index in [1.807, 2.05) is 0 Å². The number of aromatic nitrogens is 3. The Bertz CT molecular complexity index is 1560. The van der Waals surface area contributed by atoms with E-state index in [-0.39, 0.29) is 22.4 Å². The first kappa shape index (κ1) is 30.6. The van der Waals surface area contributed by atoms with Crippen LogP contribution < -0.4 is 10.1 Å². The third kappa shape index (κ3) is 7.27. The summed E-state index contributed by atoms with van der Waals surface area (Å²) in [5.41, 5.74) is 0.187. The number of amides is 1. The van der Waals surface area contributed by atoms with E-state index in [2.05, 4.69) is 20.3 Å². The molecule has 0 saturated carbocycles. The molecule has 0 spiro atoms. The van der Waals surface area contributed by atoms with E-state index in [1.54, 1.807) is 57.3 Å². The Labute approximate surface area is 242 Å². The zero-order valence-corrected chi connectivity index (χ0v) is 23.7. The van der Waals surface area contributed by atoms with Gasteiger partial charge in [0.25, 0.3) is 5.91 Å². The lowest BCUT2D eigenvalue weighted by molar-refractivity contribution is -0.145. The van der Waals surface area contributed by atoms with Crippen LogP contribution in [0.15, 0.2) is 61.1 Å². The number of alkyl halides is 3. The Morgan fingerprint density at radius 3 is 2.21 bits per heavy atom. The van der Waals surface area contributed by atoms with Crippen molar-refractivity contribution in [2.45, 2.75) is 52.1 Å². The second-order valence-electron chi connectivity index (χ2n) is 9.44. The molecule has 42 heavy (non-hydrogen) atoms. The minimum Gasteiger partial charge on any atom is -0.487 e. The molecule has 1 N–H and O–H groups in total. The van der Waals surface area contributed by atoms with Gasteiger partial charge in [-0.1, -0.05) is 18.2 Å². The fraction of sp³-hybridized carbons (Fsp3) is 0.276. The predicted molar refractivity (Wildman–Crippen MR) is 147 cm³/mol. The van der Waals surface area contributed by atoms with Crippen LogP contribution in [0.2, 0.25) is 0 Å². The standard InChI is InChI=1S/C29H26F4N4O4S/c1-15-12-34-26(42-15)23-11-21(40-17(3)18(4)41-27(39)19-8-6-5-7-9-19)10-22(24(23)30)25(38)37-16(2)20-13-35-28(36-14-20)29(31,32)33/h5-14,16-18H,1-4H3,(H,37,38)/t16-,17+,18+/m1/s1. The van der Waals surface area contributed by atoms with Crippen LogP contribution in [-0.4, -0.2) is 39.0 Å². The molecule has 0 unspecified atom stereocenters. The van der Waals surface area contributed by atoms with E-state index in [4.69, 9.17) is 9.47 Å². The van der Waals surface area contributed by atoms with Gasteiger partial charge < -0.3 is 14.8 Å². The van der Waals surface area contributed by atoms with Crippen molar-refractivity contribution in [2.75, 3.05) is 0 Å². The number of halogens is 4. The van der Waals surface area contributed by atoms with Gasteiger partial charge in [-0.15, -0.1) is 11.3 Å². The monoisotopic (exact) mass is 602 g/mol. The molecule has 0 saturated heterocycles. The topological polar surface area (TPSA) is 103 Å². The highest BCUT2D eigenvalue weighted by Crippen LogP contribution is 2.34. The lowest BCUT2D eigenvalue weighted by Gasteiger charge is -2.23. The quantitative estimate of drug-likeness (QED) is 0.171. The maximum atomic E-state index is 15.7. The van der Waals surface area contributed by atoms with Crippen LogP contribution in [0.5, 0.6) is 5.75 Å². The Kier molecular flexibility index (Phi) is 9.20. The summed E-state index contributed by atoms with van der Waals surface area (Å²) >= 11 is 1.21. The molecule has 4 aromatic rings. The second kappa shape index (κ2) is 12.6. The van der Waals surface area contributed by atoms with Gasteiger partial charge in [-0.05, 0) is 52.0 Å². The van der Waals surface area contributed by atoms with Crippen molar-refractivity contribution < 1.29 is 36.6 Å². The maximum absolute atomic E-state index is 15.7. The fourth-order valence-electron chi connectivity index (χ4n) is 3.75. The van der Waals surface area contributed by atoms with Gasteiger partial charge in [0.2, 0.25) is 5.82 Å². The number of rotatable bonds is 9. The van der Waals surface area contributed by atoms with Crippen LogP contribution in [0.25, 0.3) is 10.6 Å². The number of nitrogens with zero attached hydrogens (tertiary/aromatic N) is 3. The molecule has 2 aromatic carbocycles. The summed E-state index contributed by atoms with van der Waals surface area (Å²) in [4.78, 5) is 37.3. The largest absolute Gasteiger partial charge is 0.487 e. The second-order valence-corrected chi connectivity index (χ2v) is 10.7. The van der Waals surface area contributed by atoms with Gasteiger partial charge in [0.05, 0.1) is 22.7 Å². The van der Waals surface area contributed by atoms with Crippen LogP contribution >= 0.6 is 11.3 Å². The van der Waals surface area contributed by atoms with Crippen LogP contribution in [0.1, 0.15) is 63.8 Å².